The van der Waals surface area contributed by atoms with E-state index in [4.69, 9.17) is 0 Å². The first-order valence-electron chi connectivity index (χ1n) is 8.48. The molecule has 2 aromatic carbocycles. The zero-order chi connectivity index (χ0) is 18.5. The number of aryl methyl sites for hydroxylation is 1. The summed E-state index contributed by atoms with van der Waals surface area (Å²) in [6.07, 6.45) is 1.59. The fraction of sp³-hybridized carbons (Fsp3) is 0.190. The third-order valence-corrected chi connectivity index (χ3v) is 4.16. The Kier molecular flexibility index (Phi) is 5.27. The van der Waals surface area contributed by atoms with Gasteiger partial charge in [0.15, 0.2) is 5.82 Å². The Hall–Kier alpha value is -3.21. The van der Waals surface area contributed by atoms with E-state index in [-0.39, 0.29) is 5.91 Å². The molecule has 26 heavy (non-hydrogen) atoms. The van der Waals surface area contributed by atoms with Crippen molar-refractivity contribution in [3.63, 3.8) is 0 Å². The van der Waals surface area contributed by atoms with Crippen LogP contribution in [0.4, 0.5) is 5.69 Å². The highest BCUT2D eigenvalue weighted by molar-refractivity contribution is 5.95. The minimum absolute atomic E-state index is 0.168. The monoisotopic (exact) mass is 346 g/mol. The zero-order valence-corrected chi connectivity index (χ0v) is 15.2. The van der Waals surface area contributed by atoms with E-state index in [0.717, 1.165) is 16.8 Å². The van der Waals surface area contributed by atoms with Crippen LogP contribution in [0.5, 0.6) is 0 Å². The highest BCUT2D eigenvalue weighted by Gasteiger charge is 2.12. The SMILES string of the molecule is Cc1nc(-c2ccccc2)ncc1C(=O)NCc1ccc(N(C)C)cc1. The molecule has 3 rings (SSSR count). The van der Waals surface area contributed by atoms with Gasteiger partial charge in [-0.2, -0.15) is 0 Å². The number of nitrogens with zero attached hydrogens (tertiary/aromatic N) is 3. The molecule has 0 aliphatic carbocycles. The van der Waals surface area contributed by atoms with Crippen LogP contribution >= 0.6 is 0 Å². The Morgan fingerprint density at radius 3 is 2.35 bits per heavy atom. The minimum atomic E-state index is -0.168. The molecule has 1 amide bonds. The summed E-state index contributed by atoms with van der Waals surface area (Å²) in [4.78, 5) is 23.3. The van der Waals surface area contributed by atoms with Crippen LogP contribution in [0.1, 0.15) is 21.6 Å². The average Bonchev–Trinajstić information content (AvgIpc) is 2.67. The fourth-order valence-corrected chi connectivity index (χ4v) is 2.61. The summed E-state index contributed by atoms with van der Waals surface area (Å²) in [5, 5.41) is 2.93. The molecule has 0 saturated heterocycles. The van der Waals surface area contributed by atoms with E-state index in [9.17, 15) is 4.79 Å². The summed E-state index contributed by atoms with van der Waals surface area (Å²) >= 11 is 0. The number of benzene rings is 2. The lowest BCUT2D eigenvalue weighted by atomic mass is 10.1. The predicted molar refractivity (Wildman–Crippen MR) is 104 cm³/mol. The van der Waals surface area contributed by atoms with Crippen LogP contribution < -0.4 is 10.2 Å². The van der Waals surface area contributed by atoms with Gasteiger partial charge in [-0.3, -0.25) is 4.79 Å². The first kappa shape index (κ1) is 17.6. The average molecular weight is 346 g/mol. The molecule has 1 aromatic heterocycles. The molecule has 0 unspecified atom stereocenters. The van der Waals surface area contributed by atoms with E-state index in [1.807, 2.05) is 80.5 Å². The van der Waals surface area contributed by atoms with Crippen molar-refractivity contribution in [1.29, 1.82) is 0 Å². The number of carbonyl (C=O) groups excluding carboxylic acids is 1. The van der Waals surface area contributed by atoms with Crippen molar-refractivity contribution in [2.75, 3.05) is 19.0 Å². The quantitative estimate of drug-likeness (QED) is 0.769. The van der Waals surface area contributed by atoms with Gasteiger partial charge in [-0.25, -0.2) is 9.97 Å². The maximum absolute atomic E-state index is 12.5. The van der Waals surface area contributed by atoms with E-state index in [1.165, 1.54) is 0 Å². The number of amides is 1. The Morgan fingerprint density at radius 2 is 1.73 bits per heavy atom. The van der Waals surface area contributed by atoms with E-state index in [1.54, 1.807) is 6.20 Å². The maximum Gasteiger partial charge on any atom is 0.254 e. The van der Waals surface area contributed by atoms with Gasteiger partial charge < -0.3 is 10.2 Å². The van der Waals surface area contributed by atoms with Gasteiger partial charge in [0, 0.05) is 38.1 Å². The second kappa shape index (κ2) is 7.78. The molecule has 0 bridgehead atoms. The van der Waals surface area contributed by atoms with E-state index in [0.29, 0.717) is 23.6 Å². The number of nitrogens with one attached hydrogen (secondary N) is 1. The number of carbonyl (C=O) groups is 1. The highest BCUT2D eigenvalue weighted by atomic mass is 16.1. The van der Waals surface area contributed by atoms with Crippen molar-refractivity contribution in [2.24, 2.45) is 0 Å². The van der Waals surface area contributed by atoms with Crippen molar-refractivity contribution >= 4 is 11.6 Å². The number of hydrogen-bond acceptors (Lipinski definition) is 4. The summed E-state index contributed by atoms with van der Waals surface area (Å²) in [6.45, 7) is 2.29. The molecule has 0 saturated carbocycles. The van der Waals surface area contributed by atoms with E-state index >= 15 is 0 Å². The van der Waals surface area contributed by atoms with Crippen LogP contribution in [-0.4, -0.2) is 30.0 Å². The van der Waals surface area contributed by atoms with Crippen molar-refractivity contribution in [2.45, 2.75) is 13.5 Å². The molecule has 3 aromatic rings. The summed E-state index contributed by atoms with van der Waals surface area (Å²) < 4.78 is 0. The predicted octanol–water partition coefficient (Wildman–Crippen LogP) is 3.45. The van der Waals surface area contributed by atoms with Crippen molar-refractivity contribution in [3.05, 3.63) is 77.6 Å². The Bertz CT molecular complexity index is 890. The molecule has 5 heteroatoms. The second-order valence-corrected chi connectivity index (χ2v) is 6.30. The lowest BCUT2D eigenvalue weighted by Gasteiger charge is -2.13. The molecule has 0 aliphatic rings. The van der Waals surface area contributed by atoms with Crippen LogP contribution in [0, 0.1) is 6.92 Å². The molecule has 1 heterocycles. The third kappa shape index (κ3) is 4.06. The number of rotatable bonds is 5. The second-order valence-electron chi connectivity index (χ2n) is 6.30. The number of aromatic nitrogens is 2. The molecular weight excluding hydrogens is 324 g/mol. The highest BCUT2D eigenvalue weighted by Crippen LogP contribution is 2.16. The topological polar surface area (TPSA) is 58.1 Å². The molecule has 0 atom stereocenters. The molecule has 0 aliphatic heterocycles. The van der Waals surface area contributed by atoms with Crippen molar-refractivity contribution in [3.8, 4) is 11.4 Å². The summed E-state index contributed by atoms with van der Waals surface area (Å²) in [7, 11) is 4.00. The van der Waals surface area contributed by atoms with Crippen molar-refractivity contribution < 1.29 is 4.79 Å². The number of anilines is 1. The molecule has 132 valence electrons. The minimum Gasteiger partial charge on any atom is -0.378 e. The summed E-state index contributed by atoms with van der Waals surface area (Å²) in [5.74, 6) is 0.456. The summed E-state index contributed by atoms with van der Waals surface area (Å²) in [6, 6.07) is 17.8. The van der Waals surface area contributed by atoms with Gasteiger partial charge in [0.1, 0.15) is 0 Å². The van der Waals surface area contributed by atoms with E-state index < -0.39 is 0 Å². The molecule has 5 nitrogen and oxygen atoms in total. The van der Waals surface area contributed by atoms with Gasteiger partial charge in [-0.05, 0) is 24.6 Å². The largest absolute Gasteiger partial charge is 0.378 e. The van der Waals surface area contributed by atoms with Crippen LogP contribution in [0.25, 0.3) is 11.4 Å². The first-order chi connectivity index (χ1) is 12.5. The summed E-state index contributed by atoms with van der Waals surface area (Å²) in [5.41, 5.74) is 4.27. The van der Waals surface area contributed by atoms with Gasteiger partial charge in [0.2, 0.25) is 0 Å². The lowest BCUT2D eigenvalue weighted by Crippen LogP contribution is -2.24. The van der Waals surface area contributed by atoms with Gasteiger partial charge in [0.05, 0.1) is 11.3 Å². The number of hydrogen-bond donors (Lipinski definition) is 1. The maximum atomic E-state index is 12.5. The fourth-order valence-electron chi connectivity index (χ4n) is 2.61. The van der Waals surface area contributed by atoms with E-state index in [2.05, 4.69) is 15.3 Å². The van der Waals surface area contributed by atoms with Crippen LogP contribution in [0.3, 0.4) is 0 Å². The third-order valence-electron chi connectivity index (χ3n) is 4.16. The van der Waals surface area contributed by atoms with Crippen LogP contribution in [0.15, 0.2) is 60.8 Å². The zero-order valence-electron chi connectivity index (χ0n) is 15.2. The Labute approximate surface area is 153 Å². The molecular formula is C21H22N4O. The lowest BCUT2D eigenvalue weighted by molar-refractivity contribution is 0.0949. The molecule has 0 fully saturated rings. The van der Waals surface area contributed by atoms with Gasteiger partial charge in [0.25, 0.3) is 5.91 Å². The van der Waals surface area contributed by atoms with Crippen molar-refractivity contribution in [1.82, 2.24) is 15.3 Å². The standard InChI is InChI=1S/C21H22N4O/c1-15-19(14-22-20(24-15)17-7-5-4-6-8-17)21(26)23-13-16-9-11-18(12-10-16)25(2)3/h4-12,14H,13H2,1-3H3,(H,23,26). The Morgan fingerprint density at radius 1 is 1.04 bits per heavy atom. The normalized spacial score (nSPS) is 10.4. The van der Waals surface area contributed by atoms with Gasteiger partial charge >= 0.3 is 0 Å². The van der Waals surface area contributed by atoms with Crippen LogP contribution in [-0.2, 0) is 6.54 Å². The molecule has 0 spiro atoms. The smallest absolute Gasteiger partial charge is 0.254 e. The van der Waals surface area contributed by atoms with Gasteiger partial charge in [-0.15, -0.1) is 0 Å². The van der Waals surface area contributed by atoms with Gasteiger partial charge in [-0.1, -0.05) is 42.5 Å². The first-order valence-corrected chi connectivity index (χ1v) is 8.48. The Balaban J connectivity index is 1.68. The van der Waals surface area contributed by atoms with Crippen LogP contribution in [0.2, 0.25) is 0 Å². The molecule has 0 radical (unpaired) electrons. The molecule has 1 N–H and O–H groups in total.